The number of rotatable bonds is 1. The first-order chi connectivity index (χ1) is 7.84. The van der Waals surface area contributed by atoms with E-state index >= 15 is 0 Å². The van der Waals surface area contributed by atoms with E-state index in [0.717, 1.165) is 28.8 Å². The summed E-state index contributed by atoms with van der Waals surface area (Å²) in [6, 6.07) is 4.09. The number of imidazole rings is 1. The van der Waals surface area contributed by atoms with Crippen LogP contribution in [0.15, 0.2) is 29.0 Å². The van der Waals surface area contributed by atoms with Crippen LogP contribution in [-0.2, 0) is 4.74 Å². The largest absolute Gasteiger partial charge is 0.370 e. The van der Waals surface area contributed by atoms with Crippen molar-refractivity contribution in [3.63, 3.8) is 0 Å². The maximum absolute atomic E-state index is 5.77. The predicted molar refractivity (Wildman–Crippen MR) is 65.4 cm³/mol. The van der Waals surface area contributed by atoms with Gasteiger partial charge in [-0.25, -0.2) is 4.98 Å². The molecule has 0 amide bonds. The average molecular weight is 281 g/mol. The smallest absolute Gasteiger partial charge is 0.142 e. The van der Waals surface area contributed by atoms with E-state index in [-0.39, 0.29) is 6.10 Å². The Morgan fingerprint density at radius 3 is 3.12 bits per heavy atom. The Labute approximate surface area is 103 Å². The second-order valence-electron chi connectivity index (χ2n) is 4.11. The highest BCUT2D eigenvalue weighted by atomic mass is 79.9. The molecule has 0 radical (unpaired) electrons. The number of fused-ring (bicyclic) bond motifs is 1. The first-order valence-electron chi connectivity index (χ1n) is 5.59. The highest BCUT2D eigenvalue weighted by molar-refractivity contribution is 9.10. The molecule has 2 aromatic heterocycles. The van der Waals surface area contributed by atoms with Gasteiger partial charge in [-0.2, -0.15) is 0 Å². The fraction of sp³-hybridized carbons (Fsp3) is 0.417. The molecule has 1 unspecified atom stereocenters. The Morgan fingerprint density at radius 2 is 2.31 bits per heavy atom. The second kappa shape index (κ2) is 4.18. The highest BCUT2D eigenvalue weighted by Crippen LogP contribution is 2.28. The molecule has 3 nitrogen and oxygen atoms in total. The van der Waals surface area contributed by atoms with E-state index in [1.165, 1.54) is 12.8 Å². The van der Waals surface area contributed by atoms with E-state index in [9.17, 15) is 0 Å². The van der Waals surface area contributed by atoms with Gasteiger partial charge in [-0.1, -0.05) is 0 Å². The molecule has 4 heteroatoms. The zero-order chi connectivity index (χ0) is 11.0. The third kappa shape index (κ3) is 1.76. The molecule has 84 valence electrons. The van der Waals surface area contributed by atoms with E-state index in [0.29, 0.717) is 0 Å². The molecule has 16 heavy (non-hydrogen) atoms. The Morgan fingerprint density at radius 1 is 1.38 bits per heavy atom. The third-order valence-corrected chi connectivity index (χ3v) is 3.46. The molecule has 0 aromatic carbocycles. The molecule has 0 saturated carbocycles. The summed E-state index contributed by atoms with van der Waals surface area (Å²) in [4.78, 5) is 4.48. The summed E-state index contributed by atoms with van der Waals surface area (Å²) >= 11 is 3.49. The molecule has 3 heterocycles. The molecule has 1 fully saturated rings. The van der Waals surface area contributed by atoms with Gasteiger partial charge >= 0.3 is 0 Å². The fourth-order valence-corrected chi connectivity index (χ4v) is 2.50. The third-order valence-electron chi connectivity index (χ3n) is 2.99. The second-order valence-corrected chi connectivity index (χ2v) is 5.03. The molecule has 0 aliphatic carbocycles. The van der Waals surface area contributed by atoms with Gasteiger partial charge < -0.3 is 9.14 Å². The predicted octanol–water partition coefficient (Wildman–Crippen LogP) is 3.34. The minimum Gasteiger partial charge on any atom is -0.370 e. The van der Waals surface area contributed by atoms with Gasteiger partial charge in [-0.15, -0.1) is 0 Å². The lowest BCUT2D eigenvalue weighted by Gasteiger charge is -2.21. The Balaban J connectivity index is 2.05. The Bertz CT molecular complexity index is 503. The van der Waals surface area contributed by atoms with Crippen molar-refractivity contribution >= 4 is 21.4 Å². The number of pyridine rings is 1. The van der Waals surface area contributed by atoms with E-state index < -0.39 is 0 Å². The first kappa shape index (κ1) is 10.3. The Kier molecular flexibility index (Phi) is 2.69. The summed E-state index contributed by atoms with van der Waals surface area (Å²) in [5, 5.41) is 0. The summed E-state index contributed by atoms with van der Waals surface area (Å²) in [6.45, 7) is 0.855. The normalized spacial score (nSPS) is 21.4. The standard InChI is InChI=1S/C12H13BrN2O/c13-9-4-5-10-7-14-12(15(10)8-9)11-3-1-2-6-16-11/h4-5,7-8,11H,1-3,6H2. The van der Waals surface area contributed by atoms with Crippen molar-refractivity contribution in [2.45, 2.75) is 25.4 Å². The van der Waals surface area contributed by atoms with Crippen molar-refractivity contribution in [2.75, 3.05) is 6.61 Å². The SMILES string of the molecule is Brc1ccc2cnc(C3CCCCO3)n2c1. The van der Waals surface area contributed by atoms with Crippen molar-refractivity contribution in [1.82, 2.24) is 9.38 Å². The van der Waals surface area contributed by atoms with Gasteiger partial charge in [0.25, 0.3) is 0 Å². The van der Waals surface area contributed by atoms with Crippen LogP contribution in [0.5, 0.6) is 0 Å². The number of aromatic nitrogens is 2. The monoisotopic (exact) mass is 280 g/mol. The van der Waals surface area contributed by atoms with E-state index in [1.54, 1.807) is 0 Å². The van der Waals surface area contributed by atoms with Crippen LogP contribution < -0.4 is 0 Å². The lowest BCUT2D eigenvalue weighted by atomic mass is 10.1. The Hall–Kier alpha value is -0.870. The molecule has 1 atom stereocenters. The van der Waals surface area contributed by atoms with Crippen LogP contribution in [0.3, 0.4) is 0 Å². The van der Waals surface area contributed by atoms with Crippen molar-refractivity contribution in [3.05, 3.63) is 34.8 Å². The van der Waals surface area contributed by atoms with Gasteiger partial charge in [-0.3, -0.25) is 0 Å². The number of hydrogen-bond acceptors (Lipinski definition) is 2. The van der Waals surface area contributed by atoms with Crippen LogP contribution in [0, 0.1) is 0 Å². The zero-order valence-corrected chi connectivity index (χ0v) is 10.5. The van der Waals surface area contributed by atoms with Crippen molar-refractivity contribution < 1.29 is 4.74 Å². The fourth-order valence-electron chi connectivity index (χ4n) is 2.17. The van der Waals surface area contributed by atoms with Gasteiger partial charge in [0.15, 0.2) is 0 Å². The van der Waals surface area contributed by atoms with Gasteiger partial charge in [0.05, 0.1) is 11.7 Å². The van der Waals surface area contributed by atoms with Crippen molar-refractivity contribution in [1.29, 1.82) is 0 Å². The maximum Gasteiger partial charge on any atom is 0.142 e. The molecule has 0 N–H and O–H groups in total. The van der Waals surface area contributed by atoms with Crippen LogP contribution >= 0.6 is 15.9 Å². The number of ether oxygens (including phenoxy) is 1. The van der Waals surface area contributed by atoms with Crippen LogP contribution in [0.1, 0.15) is 31.2 Å². The molecule has 1 aliphatic rings. The van der Waals surface area contributed by atoms with Crippen molar-refractivity contribution in [3.8, 4) is 0 Å². The minimum atomic E-state index is 0.158. The lowest BCUT2D eigenvalue weighted by molar-refractivity contribution is 0.00915. The topological polar surface area (TPSA) is 26.5 Å². The van der Waals surface area contributed by atoms with E-state index in [4.69, 9.17) is 4.74 Å². The van der Waals surface area contributed by atoms with Crippen LogP contribution in [0.2, 0.25) is 0 Å². The van der Waals surface area contributed by atoms with E-state index in [1.807, 2.05) is 12.3 Å². The summed E-state index contributed by atoms with van der Waals surface area (Å²) in [5.41, 5.74) is 1.12. The van der Waals surface area contributed by atoms with Gasteiger partial charge in [-0.05, 0) is 47.3 Å². The molecular weight excluding hydrogens is 268 g/mol. The van der Waals surface area contributed by atoms with Gasteiger partial charge in [0.1, 0.15) is 11.9 Å². The zero-order valence-electron chi connectivity index (χ0n) is 8.90. The summed E-state index contributed by atoms with van der Waals surface area (Å²) in [6.07, 6.45) is 7.59. The number of halogens is 1. The molecular formula is C12H13BrN2O. The quantitative estimate of drug-likeness (QED) is 0.801. The summed E-state index contributed by atoms with van der Waals surface area (Å²) in [7, 11) is 0. The maximum atomic E-state index is 5.77. The molecule has 0 spiro atoms. The summed E-state index contributed by atoms with van der Waals surface area (Å²) in [5.74, 6) is 1.02. The number of hydrogen-bond donors (Lipinski definition) is 0. The first-order valence-corrected chi connectivity index (χ1v) is 6.38. The van der Waals surface area contributed by atoms with E-state index in [2.05, 4.69) is 37.6 Å². The van der Waals surface area contributed by atoms with Crippen LogP contribution in [-0.4, -0.2) is 16.0 Å². The molecule has 1 saturated heterocycles. The highest BCUT2D eigenvalue weighted by Gasteiger charge is 2.20. The lowest BCUT2D eigenvalue weighted by Crippen LogP contribution is -2.14. The molecule has 3 rings (SSSR count). The molecule has 2 aromatic rings. The van der Waals surface area contributed by atoms with Crippen LogP contribution in [0.4, 0.5) is 0 Å². The van der Waals surface area contributed by atoms with Crippen LogP contribution in [0.25, 0.3) is 5.52 Å². The molecule has 1 aliphatic heterocycles. The van der Waals surface area contributed by atoms with Crippen molar-refractivity contribution in [2.24, 2.45) is 0 Å². The summed E-state index contributed by atoms with van der Waals surface area (Å²) < 4.78 is 8.95. The average Bonchev–Trinajstić information content (AvgIpc) is 2.73. The number of nitrogens with zero attached hydrogens (tertiary/aromatic N) is 2. The van der Waals surface area contributed by atoms with Gasteiger partial charge in [0, 0.05) is 17.3 Å². The van der Waals surface area contributed by atoms with Gasteiger partial charge in [0.2, 0.25) is 0 Å². The minimum absolute atomic E-state index is 0.158. The molecule has 0 bridgehead atoms.